The Morgan fingerprint density at radius 2 is 2.00 bits per heavy atom. The van der Waals surface area contributed by atoms with E-state index in [2.05, 4.69) is 10.3 Å². The second kappa shape index (κ2) is 6.57. The molecule has 1 N–H and O–H groups in total. The zero-order chi connectivity index (χ0) is 20.1. The maximum Gasteiger partial charge on any atom is 0.290 e. The minimum atomic E-state index is -3.68. The van der Waals surface area contributed by atoms with E-state index in [1.807, 2.05) is 0 Å². The number of benzene rings is 1. The maximum atomic E-state index is 14.3. The predicted octanol–water partition coefficient (Wildman–Crippen LogP) is 3.36. The van der Waals surface area contributed by atoms with Crippen molar-refractivity contribution in [1.29, 1.82) is 0 Å². The average molecular weight is 418 g/mol. The number of nitrogens with zero attached hydrogens (tertiary/aromatic N) is 1. The highest BCUT2D eigenvalue weighted by molar-refractivity contribution is 8.18. The van der Waals surface area contributed by atoms with Gasteiger partial charge in [0.2, 0.25) is 0 Å². The van der Waals surface area contributed by atoms with E-state index < -0.39 is 31.7 Å². The largest absolute Gasteiger partial charge is 0.456 e. The number of hydrogen-bond acceptors (Lipinski definition) is 7. The second-order valence-electron chi connectivity index (χ2n) is 6.02. The van der Waals surface area contributed by atoms with Gasteiger partial charge in [-0.1, -0.05) is 6.07 Å². The Morgan fingerprint density at radius 1 is 1.21 bits per heavy atom. The second-order valence-corrected chi connectivity index (χ2v) is 9.02. The number of fused-ring (bicyclic) bond motifs is 1. The minimum Gasteiger partial charge on any atom is -0.456 e. The zero-order valence-corrected chi connectivity index (χ0v) is 15.9. The Morgan fingerprint density at radius 3 is 2.64 bits per heavy atom. The molecule has 1 aromatic carbocycles. The van der Waals surface area contributed by atoms with Crippen LogP contribution in [0.15, 0.2) is 50.9 Å². The first-order valence-electron chi connectivity index (χ1n) is 7.85. The minimum absolute atomic E-state index is 0.196. The summed E-state index contributed by atoms with van der Waals surface area (Å²) in [6, 6.07) is 5.40. The molecule has 0 bridgehead atoms. The molecular formula is C18H11FN2O5S2. The fourth-order valence-electron chi connectivity index (χ4n) is 2.78. The third kappa shape index (κ3) is 3.32. The van der Waals surface area contributed by atoms with Gasteiger partial charge in [-0.3, -0.25) is 19.9 Å². The van der Waals surface area contributed by atoms with Crippen LogP contribution < -0.4 is 5.32 Å². The lowest BCUT2D eigenvalue weighted by Crippen LogP contribution is -2.17. The number of carbonyl (C=O) groups is 2. The summed E-state index contributed by atoms with van der Waals surface area (Å²) in [6.45, 7) is 0. The lowest BCUT2D eigenvalue weighted by Gasteiger charge is -2.05. The van der Waals surface area contributed by atoms with Crippen LogP contribution in [0.4, 0.5) is 9.18 Å². The number of thioether (sulfide) groups is 1. The van der Waals surface area contributed by atoms with E-state index >= 15 is 0 Å². The highest BCUT2D eigenvalue weighted by Crippen LogP contribution is 2.33. The topological polar surface area (TPSA) is 106 Å². The van der Waals surface area contributed by atoms with Crippen LogP contribution in [0, 0.1) is 5.82 Å². The van der Waals surface area contributed by atoms with Crippen molar-refractivity contribution in [2.24, 2.45) is 0 Å². The van der Waals surface area contributed by atoms with Crippen molar-refractivity contribution in [1.82, 2.24) is 10.3 Å². The van der Waals surface area contributed by atoms with Gasteiger partial charge in [0.05, 0.1) is 4.91 Å². The fraction of sp³-hybridized carbons (Fsp3) is 0.0556. The molecule has 0 unspecified atom stereocenters. The summed E-state index contributed by atoms with van der Waals surface area (Å²) in [5.41, 5.74) is 1.24. The summed E-state index contributed by atoms with van der Waals surface area (Å²) in [7, 11) is -3.68. The summed E-state index contributed by atoms with van der Waals surface area (Å²) in [4.78, 5) is 26.8. The van der Waals surface area contributed by atoms with Crippen molar-refractivity contribution < 1.29 is 26.8 Å². The number of nitrogens with one attached hydrogen (secondary N) is 1. The van der Waals surface area contributed by atoms with Crippen LogP contribution in [0.5, 0.6) is 0 Å². The molecule has 0 atom stereocenters. The first kappa shape index (κ1) is 18.4. The maximum absolute atomic E-state index is 14.3. The lowest BCUT2D eigenvalue weighted by molar-refractivity contribution is -0.115. The molecule has 2 aromatic heterocycles. The van der Waals surface area contributed by atoms with Gasteiger partial charge in [0, 0.05) is 35.7 Å². The van der Waals surface area contributed by atoms with Gasteiger partial charge >= 0.3 is 0 Å². The van der Waals surface area contributed by atoms with E-state index in [4.69, 9.17) is 4.42 Å². The van der Waals surface area contributed by atoms with Crippen molar-refractivity contribution in [2.75, 3.05) is 6.26 Å². The van der Waals surface area contributed by atoms with Crippen LogP contribution in [-0.4, -0.2) is 30.8 Å². The van der Waals surface area contributed by atoms with Gasteiger partial charge in [-0.25, -0.2) is 12.8 Å². The number of halogens is 1. The van der Waals surface area contributed by atoms with E-state index in [0.717, 1.165) is 24.1 Å². The van der Waals surface area contributed by atoms with Crippen molar-refractivity contribution in [3.63, 3.8) is 0 Å². The molecule has 7 nitrogen and oxygen atoms in total. The number of aromatic nitrogens is 1. The van der Waals surface area contributed by atoms with Gasteiger partial charge < -0.3 is 4.42 Å². The van der Waals surface area contributed by atoms with Gasteiger partial charge in [-0.05, 0) is 35.5 Å². The molecule has 1 saturated heterocycles. The smallest absolute Gasteiger partial charge is 0.290 e. The van der Waals surface area contributed by atoms with Crippen molar-refractivity contribution in [2.45, 2.75) is 4.90 Å². The van der Waals surface area contributed by atoms with Crippen LogP contribution in [0.25, 0.3) is 28.2 Å². The van der Waals surface area contributed by atoms with E-state index in [1.54, 1.807) is 12.3 Å². The molecule has 1 aliphatic heterocycles. The first-order valence-corrected chi connectivity index (χ1v) is 10.6. The van der Waals surface area contributed by atoms with Crippen molar-refractivity contribution in [3.05, 3.63) is 53.1 Å². The quantitative estimate of drug-likeness (QED) is 0.650. The fourth-order valence-corrected chi connectivity index (χ4v) is 4.17. The molecule has 28 heavy (non-hydrogen) atoms. The molecule has 1 fully saturated rings. The first-order chi connectivity index (χ1) is 13.2. The molecule has 3 heterocycles. The van der Waals surface area contributed by atoms with Gasteiger partial charge in [0.15, 0.2) is 9.84 Å². The zero-order valence-electron chi connectivity index (χ0n) is 14.2. The predicted molar refractivity (Wildman–Crippen MR) is 102 cm³/mol. The Bertz CT molecular complexity index is 1290. The van der Waals surface area contributed by atoms with Crippen LogP contribution in [-0.2, 0) is 14.6 Å². The van der Waals surface area contributed by atoms with Gasteiger partial charge in [-0.15, -0.1) is 0 Å². The highest BCUT2D eigenvalue weighted by Gasteiger charge is 2.25. The molecule has 0 saturated carbocycles. The number of rotatable bonds is 3. The Kier molecular flexibility index (Phi) is 4.31. The van der Waals surface area contributed by atoms with E-state index in [9.17, 15) is 22.4 Å². The summed E-state index contributed by atoms with van der Waals surface area (Å²) in [5, 5.41) is 2.30. The third-order valence-electron chi connectivity index (χ3n) is 4.00. The van der Waals surface area contributed by atoms with Gasteiger partial charge in [0.25, 0.3) is 11.1 Å². The van der Waals surface area contributed by atoms with Crippen LogP contribution >= 0.6 is 11.8 Å². The number of carbonyl (C=O) groups excluding carboxylic acids is 2. The van der Waals surface area contributed by atoms with Crippen molar-refractivity contribution >= 4 is 49.8 Å². The average Bonchev–Trinajstić information content (AvgIpc) is 3.15. The number of pyridine rings is 1. The number of furan rings is 1. The van der Waals surface area contributed by atoms with Gasteiger partial charge in [0.1, 0.15) is 22.1 Å². The molecule has 142 valence electrons. The Labute approximate surface area is 162 Å². The molecular weight excluding hydrogens is 407 g/mol. The molecule has 1 aliphatic rings. The van der Waals surface area contributed by atoms with Crippen LogP contribution in [0.1, 0.15) is 5.76 Å². The van der Waals surface area contributed by atoms with Crippen LogP contribution in [0.2, 0.25) is 0 Å². The van der Waals surface area contributed by atoms with Crippen LogP contribution in [0.3, 0.4) is 0 Å². The molecule has 4 rings (SSSR count). The number of hydrogen-bond donors (Lipinski definition) is 1. The third-order valence-corrected chi connectivity index (χ3v) is 5.94. The molecule has 3 aromatic rings. The monoisotopic (exact) mass is 418 g/mol. The summed E-state index contributed by atoms with van der Waals surface area (Å²) in [6.07, 6.45) is 5.38. The molecule has 2 amide bonds. The van der Waals surface area contributed by atoms with E-state index in [-0.39, 0.29) is 4.91 Å². The molecule has 10 heteroatoms. The number of sulfone groups is 1. The summed E-state index contributed by atoms with van der Waals surface area (Å²) in [5.74, 6) is -1.06. The summed E-state index contributed by atoms with van der Waals surface area (Å²) >= 11 is 0.764. The lowest BCUT2D eigenvalue weighted by atomic mass is 10.1. The Balaban J connectivity index is 1.80. The molecule has 0 radical (unpaired) electrons. The van der Waals surface area contributed by atoms with E-state index in [0.29, 0.717) is 27.9 Å². The Hall–Kier alpha value is -2.98. The SMILES string of the molecule is CS(=O)(=O)c1ccc(-c2cncc3cc(/C=C4\SC(=O)NC4=O)oc23)cc1F. The van der Waals surface area contributed by atoms with Crippen molar-refractivity contribution in [3.8, 4) is 11.1 Å². The molecule has 0 spiro atoms. The highest BCUT2D eigenvalue weighted by atomic mass is 32.2. The standard InChI is InChI=1S/C18H11FN2O5S2/c1-28(24,25)15-3-2-9(5-13(15)19)12-8-20-7-10-4-11(26-16(10)12)6-14-17(22)21-18(23)27-14/h2-8H,1H3,(H,21,22,23)/b14-6-. The normalized spacial score (nSPS) is 16.1. The van der Waals surface area contributed by atoms with Gasteiger partial charge in [-0.2, -0.15) is 0 Å². The summed E-state index contributed by atoms with van der Waals surface area (Å²) < 4.78 is 43.2. The molecule has 0 aliphatic carbocycles. The van der Waals surface area contributed by atoms with E-state index in [1.165, 1.54) is 24.4 Å². The number of imide groups is 1. The number of amides is 2.